The highest BCUT2D eigenvalue weighted by Gasteiger charge is 2.58. The molecule has 1 aromatic rings. The molecule has 9 heteroatoms. The van der Waals surface area contributed by atoms with E-state index in [-0.39, 0.29) is 66.0 Å². The van der Waals surface area contributed by atoms with Crippen molar-refractivity contribution in [3.05, 3.63) is 47.3 Å². The molecular formula is C22H25FIN5O2. The van der Waals surface area contributed by atoms with Crippen molar-refractivity contribution in [3.63, 3.8) is 0 Å². The number of benzene rings is 1. The molecule has 0 spiro atoms. The predicted octanol–water partition coefficient (Wildman–Crippen LogP) is 2.18. The van der Waals surface area contributed by atoms with Crippen molar-refractivity contribution < 1.29 is 14.0 Å². The summed E-state index contributed by atoms with van der Waals surface area (Å²) in [5.74, 6) is 0.161. The van der Waals surface area contributed by atoms with Gasteiger partial charge in [-0.25, -0.2) is 4.39 Å². The van der Waals surface area contributed by atoms with Gasteiger partial charge in [-0.1, -0.05) is 12.2 Å². The number of guanidine groups is 1. The van der Waals surface area contributed by atoms with Gasteiger partial charge in [0, 0.05) is 32.2 Å². The number of fused-ring (bicyclic) bond motifs is 5. The maximum Gasteiger partial charge on any atom is 0.233 e. The molecule has 1 aliphatic heterocycles. The number of likely N-dealkylation sites (tertiary alicyclic amines) is 1. The molecule has 4 atom stereocenters. The van der Waals surface area contributed by atoms with Gasteiger partial charge in [-0.2, -0.15) is 5.26 Å². The minimum Gasteiger partial charge on any atom is -0.356 e. The van der Waals surface area contributed by atoms with Crippen LogP contribution in [-0.2, 0) is 16.1 Å². The molecule has 2 N–H and O–H groups in total. The third kappa shape index (κ3) is 4.44. The summed E-state index contributed by atoms with van der Waals surface area (Å²) in [6, 6.07) is 6.19. The molecule has 2 fully saturated rings. The fraction of sp³-hybridized carbons (Fsp3) is 0.455. The average Bonchev–Trinajstić information content (AvgIpc) is 3.43. The van der Waals surface area contributed by atoms with Crippen molar-refractivity contribution in [1.29, 1.82) is 5.26 Å². The maximum atomic E-state index is 13.9. The van der Waals surface area contributed by atoms with E-state index in [9.17, 15) is 14.0 Å². The highest BCUT2D eigenvalue weighted by atomic mass is 127. The molecule has 1 saturated heterocycles. The standard InChI is InChI=1S/C22H24FN5O2.HI/c1-25-22(27-12-16-9-13(11-24)3-6-17(16)23)26-7-2-8-28-20(29)18-14-4-5-15(10-14)19(18)21(28)30;/h3-6,9,14-15,18-19H,2,7-8,10,12H2,1H3,(H2,25,26,27);1H. The lowest BCUT2D eigenvalue weighted by Crippen LogP contribution is -2.39. The van der Waals surface area contributed by atoms with Crippen LogP contribution >= 0.6 is 24.0 Å². The summed E-state index contributed by atoms with van der Waals surface area (Å²) in [5.41, 5.74) is 0.768. The second-order valence-electron chi connectivity index (χ2n) is 7.95. The molecule has 2 aliphatic carbocycles. The Bertz CT molecular complexity index is 943. The Morgan fingerprint density at radius 2 is 1.90 bits per heavy atom. The first kappa shape index (κ1) is 23.2. The van der Waals surface area contributed by atoms with Gasteiger partial charge >= 0.3 is 0 Å². The third-order valence-electron chi connectivity index (χ3n) is 6.26. The van der Waals surface area contributed by atoms with Crippen LogP contribution in [0.1, 0.15) is 24.0 Å². The Kier molecular flexibility index (Phi) is 7.30. The molecule has 7 nitrogen and oxygen atoms in total. The molecule has 4 unspecified atom stereocenters. The Balaban J connectivity index is 0.00000272. The molecule has 1 saturated carbocycles. The van der Waals surface area contributed by atoms with Crippen LogP contribution in [0.15, 0.2) is 35.3 Å². The first-order chi connectivity index (χ1) is 14.5. The fourth-order valence-electron chi connectivity index (χ4n) is 4.81. The van der Waals surface area contributed by atoms with Gasteiger partial charge in [0.25, 0.3) is 0 Å². The van der Waals surface area contributed by atoms with E-state index in [0.717, 1.165) is 6.42 Å². The van der Waals surface area contributed by atoms with Crippen molar-refractivity contribution in [2.75, 3.05) is 20.1 Å². The van der Waals surface area contributed by atoms with Gasteiger partial charge in [-0.15, -0.1) is 24.0 Å². The Hall–Kier alpha value is -2.48. The molecule has 4 rings (SSSR count). The second kappa shape index (κ2) is 9.77. The molecule has 164 valence electrons. The number of aliphatic imine (C=N–C) groups is 1. The third-order valence-corrected chi connectivity index (χ3v) is 6.26. The molecule has 0 radical (unpaired) electrons. The van der Waals surface area contributed by atoms with Crippen LogP contribution in [0.25, 0.3) is 0 Å². The van der Waals surface area contributed by atoms with Gasteiger partial charge in [0.2, 0.25) is 11.8 Å². The average molecular weight is 537 g/mol. The fourth-order valence-corrected chi connectivity index (χ4v) is 4.81. The van der Waals surface area contributed by atoms with Crippen LogP contribution in [0.3, 0.4) is 0 Å². The lowest BCUT2D eigenvalue weighted by molar-refractivity contribution is -0.140. The van der Waals surface area contributed by atoms with E-state index in [1.165, 1.54) is 23.1 Å². The Morgan fingerprint density at radius 1 is 1.23 bits per heavy atom. The normalized spacial score (nSPS) is 26.0. The van der Waals surface area contributed by atoms with E-state index in [1.54, 1.807) is 7.05 Å². The van der Waals surface area contributed by atoms with Gasteiger partial charge in [0.05, 0.1) is 23.5 Å². The van der Waals surface area contributed by atoms with Crippen LogP contribution in [0.4, 0.5) is 4.39 Å². The second-order valence-corrected chi connectivity index (χ2v) is 7.95. The number of halogens is 2. The summed E-state index contributed by atoms with van der Waals surface area (Å²) in [5, 5.41) is 15.1. The van der Waals surface area contributed by atoms with Crippen molar-refractivity contribution in [2.45, 2.75) is 19.4 Å². The van der Waals surface area contributed by atoms with Gasteiger partial charge in [-0.3, -0.25) is 19.5 Å². The van der Waals surface area contributed by atoms with Gasteiger partial charge in [0.15, 0.2) is 5.96 Å². The van der Waals surface area contributed by atoms with Crippen molar-refractivity contribution in [3.8, 4) is 6.07 Å². The number of amides is 2. The number of carbonyl (C=O) groups excluding carboxylic acids is 2. The minimum atomic E-state index is -0.392. The number of carbonyl (C=O) groups is 2. The van der Waals surface area contributed by atoms with E-state index in [0.29, 0.717) is 36.6 Å². The van der Waals surface area contributed by atoms with E-state index in [2.05, 4.69) is 27.8 Å². The van der Waals surface area contributed by atoms with Crippen LogP contribution < -0.4 is 10.6 Å². The topological polar surface area (TPSA) is 97.6 Å². The molecule has 31 heavy (non-hydrogen) atoms. The van der Waals surface area contributed by atoms with E-state index < -0.39 is 5.82 Å². The zero-order chi connectivity index (χ0) is 21.3. The lowest BCUT2D eigenvalue weighted by Gasteiger charge is -2.18. The first-order valence-electron chi connectivity index (χ1n) is 10.2. The highest BCUT2D eigenvalue weighted by molar-refractivity contribution is 14.0. The number of hydrogen-bond donors (Lipinski definition) is 2. The van der Waals surface area contributed by atoms with Gasteiger partial charge in [0.1, 0.15) is 5.82 Å². The molecule has 1 aromatic carbocycles. The summed E-state index contributed by atoms with van der Waals surface area (Å²) in [6.45, 7) is 1.08. The smallest absolute Gasteiger partial charge is 0.233 e. The molecule has 3 aliphatic rings. The largest absolute Gasteiger partial charge is 0.356 e. The van der Waals surface area contributed by atoms with Crippen molar-refractivity contribution >= 4 is 41.8 Å². The number of allylic oxidation sites excluding steroid dienone is 2. The maximum absolute atomic E-state index is 13.9. The number of imide groups is 1. The predicted molar refractivity (Wildman–Crippen MR) is 124 cm³/mol. The Morgan fingerprint density at radius 3 is 2.52 bits per heavy atom. The van der Waals surface area contributed by atoms with Crippen LogP contribution in [0, 0.1) is 40.8 Å². The molecule has 1 heterocycles. The number of nitrogens with zero attached hydrogens (tertiary/aromatic N) is 3. The van der Waals surface area contributed by atoms with Crippen LogP contribution in [0.2, 0.25) is 0 Å². The van der Waals surface area contributed by atoms with Crippen molar-refractivity contribution in [1.82, 2.24) is 15.5 Å². The number of hydrogen-bond acceptors (Lipinski definition) is 4. The molecular weight excluding hydrogens is 512 g/mol. The van der Waals surface area contributed by atoms with Crippen molar-refractivity contribution in [2.24, 2.45) is 28.7 Å². The zero-order valence-electron chi connectivity index (χ0n) is 17.2. The van der Waals surface area contributed by atoms with E-state index in [4.69, 9.17) is 5.26 Å². The summed E-state index contributed by atoms with van der Waals surface area (Å²) in [4.78, 5) is 30.9. The summed E-state index contributed by atoms with van der Waals surface area (Å²) in [6.07, 6.45) is 5.71. The van der Waals surface area contributed by atoms with Gasteiger partial charge in [-0.05, 0) is 42.9 Å². The number of nitriles is 1. The quantitative estimate of drug-likeness (QED) is 0.145. The van der Waals surface area contributed by atoms with E-state index in [1.807, 2.05) is 6.07 Å². The summed E-state index contributed by atoms with van der Waals surface area (Å²) < 4.78 is 13.9. The zero-order valence-corrected chi connectivity index (χ0v) is 19.5. The summed E-state index contributed by atoms with van der Waals surface area (Å²) >= 11 is 0. The lowest BCUT2D eigenvalue weighted by atomic mass is 9.85. The first-order valence-corrected chi connectivity index (χ1v) is 10.2. The Labute approximate surface area is 197 Å². The molecule has 2 amide bonds. The number of nitrogens with one attached hydrogen (secondary N) is 2. The highest BCUT2D eigenvalue weighted by Crippen LogP contribution is 2.52. The minimum absolute atomic E-state index is 0. The van der Waals surface area contributed by atoms with E-state index >= 15 is 0 Å². The number of rotatable bonds is 6. The van der Waals surface area contributed by atoms with Crippen LogP contribution in [0.5, 0.6) is 0 Å². The summed E-state index contributed by atoms with van der Waals surface area (Å²) in [7, 11) is 1.61. The van der Waals surface area contributed by atoms with Crippen LogP contribution in [-0.4, -0.2) is 42.8 Å². The molecule has 0 aromatic heterocycles. The van der Waals surface area contributed by atoms with Gasteiger partial charge < -0.3 is 10.6 Å². The monoisotopic (exact) mass is 537 g/mol. The SMILES string of the molecule is CN=C(NCCCN1C(=O)C2C3C=CC(C3)C2C1=O)NCc1cc(C#N)ccc1F.I. The molecule has 2 bridgehead atoms.